The van der Waals surface area contributed by atoms with Gasteiger partial charge < -0.3 is 14.4 Å². The largest absolute Gasteiger partial charge is 0.464 e. The number of hydrogen-bond acceptors (Lipinski definition) is 8. The lowest BCUT2D eigenvalue weighted by Gasteiger charge is -2.28. The van der Waals surface area contributed by atoms with Crippen LogP contribution in [0.25, 0.3) is 0 Å². The van der Waals surface area contributed by atoms with Crippen molar-refractivity contribution in [2.45, 2.75) is 25.1 Å². The summed E-state index contributed by atoms with van der Waals surface area (Å²) in [7, 11) is 1.20. The maximum absolute atomic E-state index is 13.3. The molecule has 1 fully saturated rings. The highest BCUT2D eigenvalue weighted by atomic mass is 19.4. The molecule has 3 rings (SSSR count). The fourth-order valence-electron chi connectivity index (χ4n) is 3.01. The molecule has 9 nitrogen and oxygen atoms in total. The number of carbonyl (C=O) groups excluding carboxylic acids is 1. The van der Waals surface area contributed by atoms with Crippen LogP contribution in [0.3, 0.4) is 0 Å². The van der Waals surface area contributed by atoms with Gasteiger partial charge in [-0.15, -0.1) is 0 Å². The molecule has 0 unspecified atom stereocenters. The minimum absolute atomic E-state index is 0.00562. The van der Waals surface area contributed by atoms with E-state index < -0.39 is 29.3 Å². The first kappa shape index (κ1) is 19.6. The van der Waals surface area contributed by atoms with Gasteiger partial charge in [0.1, 0.15) is 12.2 Å². The summed E-state index contributed by atoms with van der Waals surface area (Å²) >= 11 is 0. The maximum Gasteiger partial charge on any atom is 0.423 e. The molecule has 0 radical (unpaired) electrons. The molecule has 1 atom stereocenters. The Bertz CT molecular complexity index is 918. The van der Waals surface area contributed by atoms with E-state index in [-0.39, 0.29) is 24.0 Å². The summed E-state index contributed by atoms with van der Waals surface area (Å²) in [6.45, 7) is 0.278. The van der Waals surface area contributed by atoms with E-state index in [1.165, 1.54) is 24.3 Å². The van der Waals surface area contributed by atoms with Crippen LogP contribution in [0.4, 0.5) is 18.9 Å². The number of halogens is 3. The van der Waals surface area contributed by atoms with Crippen LogP contribution < -0.4 is 15.2 Å². The SMILES string of the molecule is COC(=O)c1ccnc(OC[C@@H]2CCCN2c2cn[nH]c(=O)c2C(F)(F)F)n1. The van der Waals surface area contributed by atoms with E-state index in [0.29, 0.717) is 19.4 Å². The predicted octanol–water partition coefficient (Wildman–Crippen LogP) is 1.41. The quantitative estimate of drug-likeness (QED) is 0.752. The van der Waals surface area contributed by atoms with E-state index in [4.69, 9.17) is 4.74 Å². The number of methoxy groups -OCH3 is 1. The van der Waals surface area contributed by atoms with Gasteiger partial charge in [0.25, 0.3) is 5.56 Å². The topological polar surface area (TPSA) is 110 Å². The smallest absolute Gasteiger partial charge is 0.423 e. The molecule has 0 spiro atoms. The lowest BCUT2D eigenvalue weighted by atomic mass is 10.2. The number of H-pyrrole nitrogens is 1. The molecule has 0 bridgehead atoms. The number of rotatable bonds is 5. The fraction of sp³-hybridized carbons (Fsp3) is 0.438. The Hall–Kier alpha value is -3.18. The first-order valence-electron chi connectivity index (χ1n) is 8.27. The van der Waals surface area contributed by atoms with Gasteiger partial charge in [-0.2, -0.15) is 23.3 Å². The third-order valence-electron chi connectivity index (χ3n) is 4.24. The van der Waals surface area contributed by atoms with Crippen LogP contribution in [-0.2, 0) is 10.9 Å². The summed E-state index contributed by atoms with van der Waals surface area (Å²) < 4.78 is 50.0. The number of nitrogens with one attached hydrogen (secondary N) is 1. The van der Waals surface area contributed by atoms with Crippen LogP contribution in [0.1, 0.15) is 28.9 Å². The van der Waals surface area contributed by atoms with Crippen LogP contribution in [-0.4, -0.2) is 52.4 Å². The number of anilines is 1. The number of alkyl halides is 3. The molecule has 2 aromatic rings. The third-order valence-corrected chi connectivity index (χ3v) is 4.24. The lowest BCUT2D eigenvalue weighted by Crippen LogP contribution is -2.38. The molecule has 1 aliphatic heterocycles. The Morgan fingerprint density at radius 3 is 2.93 bits per heavy atom. The monoisotopic (exact) mass is 399 g/mol. The maximum atomic E-state index is 13.3. The van der Waals surface area contributed by atoms with Crippen LogP contribution >= 0.6 is 0 Å². The molecule has 12 heteroatoms. The van der Waals surface area contributed by atoms with Gasteiger partial charge in [-0.05, 0) is 18.9 Å². The van der Waals surface area contributed by atoms with Crippen molar-refractivity contribution in [2.24, 2.45) is 0 Å². The molecule has 0 aliphatic carbocycles. The van der Waals surface area contributed by atoms with E-state index in [9.17, 15) is 22.8 Å². The molecular weight excluding hydrogens is 383 g/mol. The summed E-state index contributed by atoms with van der Waals surface area (Å²) in [5.74, 6) is -0.667. The number of carbonyl (C=O) groups is 1. The second-order valence-corrected chi connectivity index (χ2v) is 5.97. The third kappa shape index (κ3) is 4.05. The Labute approximate surface area is 156 Å². The minimum Gasteiger partial charge on any atom is -0.464 e. The number of aromatic amines is 1. The standard InChI is InChI=1S/C16H16F3N5O4/c1-27-14(26)10-4-5-20-15(22-10)28-8-9-3-2-6-24(9)11-7-21-23-13(25)12(11)16(17,18)19/h4-5,7,9H,2-3,6,8H2,1H3,(H,23,25)/t9-/m0/s1. The molecule has 1 aliphatic rings. The summed E-state index contributed by atoms with van der Waals surface area (Å²) in [6, 6.07) is 0.794. The van der Waals surface area contributed by atoms with Crippen molar-refractivity contribution < 1.29 is 27.4 Å². The van der Waals surface area contributed by atoms with Gasteiger partial charge in [-0.3, -0.25) is 4.79 Å². The zero-order chi connectivity index (χ0) is 20.3. The molecule has 2 aromatic heterocycles. The molecule has 0 amide bonds. The van der Waals surface area contributed by atoms with Crippen molar-refractivity contribution in [3.63, 3.8) is 0 Å². The molecule has 0 aromatic carbocycles. The van der Waals surface area contributed by atoms with Crippen molar-refractivity contribution in [2.75, 3.05) is 25.2 Å². The van der Waals surface area contributed by atoms with E-state index in [1.54, 1.807) is 0 Å². The molecule has 28 heavy (non-hydrogen) atoms. The average molecular weight is 399 g/mol. The zero-order valence-corrected chi connectivity index (χ0v) is 14.7. The Morgan fingerprint density at radius 1 is 1.43 bits per heavy atom. The van der Waals surface area contributed by atoms with Gasteiger partial charge >= 0.3 is 18.2 Å². The van der Waals surface area contributed by atoms with E-state index in [0.717, 1.165) is 6.20 Å². The van der Waals surface area contributed by atoms with E-state index in [2.05, 4.69) is 19.8 Å². The zero-order valence-electron chi connectivity index (χ0n) is 14.7. The highest BCUT2D eigenvalue weighted by molar-refractivity contribution is 5.86. The van der Waals surface area contributed by atoms with Gasteiger partial charge in [0.2, 0.25) is 0 Å². The van der Waals surface area contributed by atoms with Crippen molar-refractivity contribution in [3.05, 3.63) is 40.1 Å². The highest BCUT2D eigenvalue weighted by Gasteiger charge is 2.40. The number of hydrogen-bond donors (Lipinski definition) is 1. The predicted molar refractivity (Wildman–Crippen MR) is 89.1 cm³/mol. The van der Waals surface area contributed by atoms with Crippen LogP contribution in [0.2, 0.25) is 0 Å². The Morgan fingerprint density at radius 2 is 2.21 bits per heavy atom. The van der Waals surface area contributed by atoms with E-state index >= 15 is 0 Å². The van der Waals surface area contributed by atoms with Crippen LogP contribution in [0, 0.1) is 0 Å². The van der Waals surface area contributed by atoms with Gasteiger partial charge in [-0.1, -0.05) is 0 Å². The summed E-state index contributed by atoms with van der Waals surface area (Å²) in [5.41, 5.74) is -2.90. The van der Waals surface area contributed by atoms with Gasteiger partial charge in [0.05, 0.1) is 25.0 Å². The molecule has 0 saturated carbocycles. The van der Waals surface area contributed by atoms with Crippen LogP contribution in [0.15, 0.2) is 23.3 Å². The molecule has 150 valence electrons. The average Bonchev–Trinajstić information content (AvgIpc) is 3.13. The first-order chi connectivity index (χ1) is 13.3. The van der Waals surface area contributed by atoms with Gasteiger partial charge in [0.15, 0.2) is 5.69 Å². The van der Waals surface area contributed by atoms with Crippen molar-refractivity contribution in [1.29, 1.82) is 0 Å². The second-order valence-electron chi connectivity index (χ2n) is 5.97. The molecule has 3 heterocycles. The molecule has 1 N–H and O–H groups in total. The minimum atomic E-state index is -4.82. The Kier molecular flexibility index (Phi) is 5.47. The number of ether oxygens (including phenoxy) is 2. The number of esters is 1. The summed E-state index contributed by atoms with van der Waals surface area (Å²) in [6.07, 6.45) is -1.37. The summed E-state index contributed by atoms with van der Waals surface area (Å²) in [4.78, 5) is 32.4. The van der Waals surface area contributed by atoms with Crippen molar-refractivity contribution >= 4 is 11.7 Å². The molecular formula is C16H16F3N5O4. The molecule has 1 saturated heterocycles. The normalized spacial score (nSPS) is 16.9. The lowest BCUT2D eigenvalue weighted by molar-refractivity contribution is -0.138. The highest BCUT2D eigenvalue weighted by Crippen LogP contribution is 2.36. The first-order valence-corrected chi connectivity index (χ1v) is 8.27. The van der Waals surface area contributed by atoms with E-state index in [1.807, 2.05) is 5.10 Å². The van der Waals surface area contributed by atoms with Crippen molar-refractivity contribution in [1.82, 2.24) is 20.2 Å². The van der Waals surface area contributed by atoms with Gasteiger partial charge in [-0.25, -0.2) is 14.9 Å². The second kappa shape index (κ2) is 7.82. The van der Waals surface area contributed by atoms with Gasteiger partial charge in [0, 0.05) is 12.7 Å². The summed E-state index contributed by atoms with van der Waals surface area (Å²) in [5, 5.41) is 5.32. The number of aromatic nitrogens is 4. The Balaban J connectivity index is 1.79. The van der Waals surface area contributed by atoms with Crippen molar-refractivity contribution in [3.8, 4) is 6.01 Å². The number of nitrogens with zero attached hydrogens (tertiary/aromatic N) is 4. The van der Waals surface area contributed by atoms with Crippen LogP contribution in [0.5, 0.6) is 6.01 Å². The fourth-order valence-corrected chi connectivity index (χ4v) is 3.01.